The second-order valence-electron chi connectivity index (χ2n) is 2.61. The van der Waals surface area contributed by atoms with Gasteiger partial charge in [0.15, 0.2) is 0 Å². The molecule has 0 saturated carbocycles. The number of nitro groups is 1. The molecule has 4 nitrogen and oxygen atoms in total. The van der Waals surface area contributed by atoms with Crippen LogP contribution in [-0.4, -0.2) is 4.92 Å². The van der Waals surface area contributed by atoms with Crippen molar-refractivity contribution in [3.63, 3.8) is 0 Å². The lowest BCUT2D eigenvalue weighted by Crippen LogP contribution is -2.10. The molecule has 1 aromatic rings. The third kappa shape index (κ3) is 2.20. The molecule has 1 rings (SSSR count). The minimum atomic E-state index is -4.70. The second kappa shape index (κ2) is 3.69. The van der Waals surface area contributed by atoms with Gasteiger partial charge in [-0.3, -0.25) is 10.1 Å². The maximum atomic E-state index is 12.3. The number of halogens is 4. The highest BCUT2D eigenvalue weighted by Gasteiger charge is 2.36. The molecule has 1 aromatic carbocycles. The van der Waals surface area contributed by atoms with Gasteiger partial charge in [0, 0.05) is 0 Å². The molecule has 15 heavy (non-hydrogen) atoms. The number of nitrogens with zero attached hydrogens (tertiary/aromatic N) is 1. The first-order chi connectivity index (χ1) is 6.75. The van der Waals surface area contributed by atoms with Crippen molar-refractivity contribution in [3.8, 4) is 0 Å². The van der Waals surface area contributed by atoms with Crippen LogP contribution in [0.1, 0.15) is 5.56 Å². The van der Waals surface area contributed by atoms with E-state index in [4.69, 9.17) is 5.73 Å². The Kier molecular flexibility index (Phi) is 2.89. The molecule has 0 aliphatic heterocycles. The smallest absolute Gasteiger partial charge is 0.393 e. The normalized spacial score (nSPS) is 11.5. The Morgan fingerprint density at radius 1 is 1.40 bits per heavy atom. The van der Waals surface area contributed by atoms with E-state index in [0.29, 0.717) is 6.07 Å². The summed E-state index contributed by atoms with van der Waals surface area (Å²) in [5, 5.41) is 10.4. The van der Waals surface area contributed by atoms with Gasteiger partial charge < -0.3 is 5.73 Å². The summed E-state index contributed by atoms with van der Waals surface area (Å²) >= 11 is 2.76. The van der Waals surface area contributed by atoms with Crippen molar-refractivity contribution in [2.45, 2.75) is 6.18 Å². The summed E-state index contributed by atoms with van der Waals surface area (Å²) in [4.78, 5) is 9.49. The lowest BCUT2D eigenvalue weighted by atomic mass is 10.1. The lowest BCUT2D eigenvalue weighted by molar-refractivity contribution is -0.384. The van der Waals surface area contributed by atoms with Crippen LogP contribution in [0.3, 0.4) is 0 Å². The summed E-state index contributed by atoms with van der Waals surface area (Å²) < 4.78 is 36.8. The fourth-order valence-electron chi connectivity index (χ4n) is 1.01. The van der Waals surface area contributed by atoms with Crippen molar-refractivity contribution in [1.29, 1.82) is 0 Å². The van der Waals surface area contributed by atoms with E-state index in [1.807, 2.05) is 0 Å². The van der Waals surface area contributed by atoms with Gasteiger partial charge in [0.1, 0.15) is 5.69 Å². The molecule has 8 heteroatoms. The van der Waals surface area contributed by atoms with E-state index >= 15 is 0 Å². The zero-order valence-electron chi connectivity index (χ0n) is 7.01. The van der Waals surface area contributed by atoms with Crippen molar-refractivity contribution in [2.24, 2.45) is 0 Å². The SMILES string of the molecule is Nc1c(C(F)(F)F)ccc(Br)c1[N+](=O)[O-]. The molecule has 0 aliphatic rings. The molecule has 0 heterocycles. The number of nitrogen functional groups attached to an aromatic ring is 1. The number of benzene rings is 1. The van der Waals surface area contributed by atoms with E-state index < -0.39 is 28.0 Å². The minimum Gasteiger partial charge on any atom is -0.393 e. The zero-order chi connectivity index (χ0) is 11.8. The molecule has 0 atom stereocenters. The molecule has 0 fully saturated rings. The summed E-state index contributed by atoms with van der Waals surface area (Å²) in [5.74, 6) is 0. The standard InChI is InChI=1S/C7H4BrF3N2O2/c8-4-2-1-3(7(9,10)11)5(12)6(4)13(14)15/h1-2H,12H2. The molecule has 0 aliphatic carbocycles. The fourth-order valence-corrected chi connectivity index (χ4v) is 1.50. The maximum absolute atomic E-state index is 12.3. The number of nitro benzene ring substituents is 1. The second-order valence-corrected chi connectivity index (χ2v) is 3.47. The van der Waals surface area contributed by atoms with Crippen molar-refractivity contribution >= 4 is 27.3 Å². The Balaban J connectivity index is 3.49. The van der Waals surface area contributed by atoms with Gasteiger partial charge in [-0.05, 0) is 28.1 Å². The van der Waals surface area contributed by atoms with Crippen LogP contribution in [0, 0.1) is 10.1 Å². The van der Waals surface area contributed by atoms with Crippen LogP contribution >= 0.6 is 15.9 Å². The molecule has 0 unspecified atom stereocenters. The number of anilines is 1. The molecule has 0 amide bonds. The summed E-state index contributed by atoms with van der Waals surface area (Å²) in [7, 11) is 0. The number of hydrogen-bond donors (Lipinski definition) is 1. The predicted octanol–water partition coefficient (Wildman–Crippen LogP) is 2.96. The predicted molar refractivity (Wildman–Crippen MR) is 50.2 cm³/mol. The van der Waals surface area contributed by atoms with Crippen LogP contribution < -0.4 is 5.73 Å². The summed E-state index contributed by atoms with van der Waals surface area (Å²) in [6.45, 7) is 0. The molecule has 82 valence electrons. The highest BCUT2D eigenvalue weighted by Crippen LogP contribution is 2.41. The average molecular weight is 285 g/mol. The van der Waals surface area contributed by atoms with Crippen molar-refractivity contribution in [3.05, 3.63) is 32.3 Å². The highest BCUT2D eigenvalue weighted by molar-refractivity contribution is 9.10. The first kappa shape index (κ1) is 11.8. The third-order valence-electron chi connectivity index (χ3n) is 1.66. The quantitative estimate of drug-likeness (QED) is 0.490. The van der Waals surface area contributed by atoms with Gasteiger partial charge in [0.05, 0.1) is 15.0 Å². The van der Waals surface area contributed by atoms with Gasteiger partial charge in [-0.1, -0.05) is 0 Å². The first-order valence-electron chi connectivity index (χ1n) is 3.54. The fraction of sp³-hybridized carbons (Fsp3) is 0.143. The van der Waals surface area contributed by atoms with E-state index in [1.165, 1.54) is 0 Å². The summed E-state index contributed by atoms with van der Waals surface area (Å²) in [6.07, 6.45) is -4.70. The molecule has 2 N–H and O–H groups in total. The van der Waals surface area contributed by atoms with Gasteiger partial charge in [0.25, 0.3) is 0 Å². The Morgan fingerprint density at radius 2 is 1.93 bits per heavy atom. The number of alkyl halides is 3. The van der Waals surface area contributed by atoms with Gasteiger partial charge >= 0.3 is 11.9 Å². The number of nitrogens with two attached hydrogens (primary N) is 1. The van der Waals surface area contributed by atoms with Crippen LogP contribution in [0.4, 0.5) is 24.5 Å². The molecule has 0 spiro atoms. The molecule has 0 radical (unpaired) electrons. The van der Waals surface area contributed by atoms with Gasteiger partial charge in [-0.2, -0.15) is 13.2 Å². The molecule has 0 bridgehead atoms. The Labute approximate surface area is 90.2 Å². The van der Waals surface area contributed by atoms with E-state index in [1.54, 1.807) is 0 Å². The van der Waals surface area contributed by atoms with Crippen LogP contribution in [0.15, 0.2) is 16.6 Å². The van der Waals surface area contributed by atoms with Crippen LogP contribution in [0.5, 0.6) is 0 Å². The first-order valence-corrected chi connectivity index (χ1v) is 4.34. The van der Waals surface area contributed by atoms with Crippen molar-refractivity contribution in [1.82, 2.24) is 0 Å². The molecular weight excluding hydrogens is 281 g/mol. The zero-order valence-corrected chi connectivity index (χ0v) is 8.59. The van der Waals surface area contributed by atoms with E-state index in [2.05, 4.69) is 15.9 Å². The molecule has 0 aromatic heterocycles. The molecule has 0 saturated heterocycles. The van der Waals surface area contributed by atoms with Crippen molar-refractivity contribution < 1.29 is 18.1 Å². The van der Waals surface area contributed by atoms with Gasteiger partial charge in [0.2, 0.25) is 0 Å². The monoisotopic (exact) mass is 284 g/mol. The average Bonchev–Trinajstić information content (AvgIpc) is 2.00. The number of hydrogen-bond acceptors (Lipinski definition) is 3. The highest BCUT2D eigenvalue weighted by atomic mass is 79.9. The summed E-state index contributed by atoms with van der Waals surface area (Å²) in [5.41, 5.74) is 2.21. The van der Waals surface area contributed by atoms with Crippen molar-refractivity contribution in [2.75, 3.05) is 5.73 Å². The van der Waals surface area contributed by atoms with Crippen LogP contribution in [-0.2, 0) is 6.18 Å². The third-order valence-corrected chi connectivity index (χ3v) is 2.30. The molecular formula is C7H4BrF3N2O2. The van der Waals surface area contributed by atoms with E-state index in [-0.39, 0.29) is 4.47 Å². The maximum Gasteiger partial charge on any atom is 0.418 e. The van der Waals surface area contributed by atoms with E-state index in [9.17, 15) is 23.3 Å². The summed E-state index contributed by atoms with van der Waals surface area (Å²) in [6, 6.07) is 1.63. The minimum absolute atomic E-state index is 0.0852. The largest absolute Gasteiger partial charge is 0.418 e. The Hall–Kier alpha value is -1.31. The van der Waals surface area contributed by atoms with Crippen LogP contribution in [0.25, 0.3) is 0 Å². The van der Waals surface area contributed by atoms with Gasteiger partial charge in [-0.15, -0.1) is 0 Å². The lowest BCUT2D eigenvalue weighted by Gasteiger charge is -2.10. The van der Waals surface area contributed by atoms with Gasteiger partial charge in [-0.25, -0.2) is 0 Å². The van der Waals surface area contributed by atoms with Crippen LogP contribution in [0.2, 0.25) is 0 Å². The number of rotatable bonds is 1. The Morgan fingerprint density at radius 3 is 2.33 bits per heavy atom. The van der Waals surface area contributed by atoms with E-state index in [0.717, 1.165) is 6.07 Å². The topological polar surface area (TPSA) is 69.2 Å². The Bertz CT molecular complexity index is 419.